The van der Waals surface area contributed by atoms with Crippen LogP contribution in [-0.4, -0.2) is 23.2 Å². The lowest BCUT2D eigenvalue weighted by molar-refractivity contribution is 0.0956. The molecule has 0 bridgehead atoms. The maximum Gasteiger partial charge on any atom is 0.251 e. The van der Waals surface area contributed by atoms with Gasteiger partial charge in [-0.25, -0.2) is 4.98 Å². The Kier molecular flexibility index (Phi) is 7.10. The third-order valence-electron chi connectivity index (χ3n) is 3.63. The van der Waals surface area contributed by atoms with Gasteiger partial charge in [0.05, 0.1) is 11.2 Å². The fraction of sp³-hybridized carbons (Fsp3) is 0.200. The number of rotatable bonds is 9. The van der Waals surface area contributed by atoms with E-state index in [0.29, 0.717) is 18.7 Å². The number of carbonyl (C=O) groups excluding carboxylic acids is 1. The minimum absolute atomic E-state index is 0.0589. The summed E-state index contributed by atoms with van der Waals surface area (Å²) in [6.45, 7) is 1.09. The molecule has 3 aromatic rings. The molecule has 134 valence electrons. The van der Waals surface area contributed by atoms with Gasteiger partial charge in [0.1, 0.15) is 12.4 Å². The molecular weight excluding hydrogens is 364 g/mol. The Morgan fingerprint density at radius 3 is 2.65 bits per heavy atom. The van der Waals surface area contributed by atoms with E-state index in [1.54, 1.807) is 29.0 Å². The van der Waals surface area contributed by atoms with Crippen molar-refractivity contribution in [2.24, 2.45) is 0 Å². The molecule has 1 N–H and O–H groups in total. The van der Waals surface area contributed by atoms with Crippen LogP contribution in [0.1, 0.15) is 21.6 Å². The first-order valence-electron chi connectivity index (χ1n) is 8.31. The standard InChI is InChI=1S/C20H20N2O2S2/c23-20(21-10-11-25-13-16-4-2-1-3-5-16)17-6-8-19(9-7-17)24-12-18-14-26-15-22-18/h1-9,14-15H,10-13H2,(H,21,23). The van der Waals surface area contributed by atoms with Gasteiger partial charge in [-0.1, -0.05) is 30.3 Å². The number of benzene rings is 2. The maximum absolute atomic E-state index is 12.2. The lowest BCUT2D eigenvalue weighted by Gasteiger charge is -2.07. The summed E-state index contributed by atoms with van der Waals surface area (Å²) in [6.07, 6.45) is 0. The summed E-state index contributed by atoms with van der Waals surface area (Å²) >= 11 is 3.36. The van der Waals surface area contributed by atoms with Crippen LogP contribution >= 0.6 is 23.1 Å². The van der Waals surface area contributed by atoms with Crippen molar-refractivity contribution in [1.29, 1.82) is 0 Å². The second-order valence-electron chi connectivity index (χ2n) is 5.59. The molecule has 4 nitrogen and oxygen atoms in total. The number of amides is 1. The van der Waals surface area contributed by atoms with E-state index >= 15 is 0 Å². The van der Waals surface area contributed by atoms with Crippen molar-refractivity contribution in [3.63, 3.8) is 0 Å². The Balaban J connectivity index is 1.36. The Bertz CT molecular complexity index is 790. The van der Waals surface area contributed by atoms with Crippen LogP contribution in [0.2, 0.25) is 0 Å². The van der Waals surface area contributed by atoms with Crippen molar-refractivity contribution in [1.82, 2.24) is 10.3 Å². The Labute approximate surface area is 161 Å². The molecule has 0 aliphatic rings. The highest BCUT2D eigenvalue weighted by molar-refractivity contribution is 7.98. The van der Waals surface area contributed by atoms with Gasteiger partial charge in [0.15, 0.2) is 0 Å². The SMILES string of the molecule is O=C(NCCSCc1ccccc1)c1ccc(OCc2cscn2)cc1. The fourth-order valence-electron chi connectivity index (χ4n) is 2.27. The van der Waals surface area contributed by atoms with Crippen molar-refractivity contribution in [3.05, 3.63) is 82.3 Å². The quantitative estimate of drug-likeness (QED) is 0.556. The first-order valence-corrected chi connectivity index (χ1v) is 10.4. The van der Waals surface area contributed by atoms with Crippen molar-refractivity contribution in [2.75, 3.05) is 12.3 Å². The van der Waals surface area contributed by atoms with E-state index in [1.165, 1.54) is 5.56 Å². The van der Waals surface area contributed by atoms with Gasteiger partial charge in [0.25, 0.3) is 5.91 Å². The summed E-state index contributed by atoms with van der Waals surface area (Å²) < 4.78 is 5.65. The lowest BCUT2D eigenvalue weighted by Crippen LogP contribution is -2.25. The first kappa shape index (κ1) is 18.5. The lowest BCUT2D eigenvalue weighted by atomic mass is 10.2. The Morgan fingerprint density at radius 2 is 1.92 bits per heavy atom. The Hall–Kier alpha value is -2.31. The molecule has 3 rings (SSSR count). The molecule has 2 aromatic carbocycles. The van der Waals surface area contributed by atoms with Crippen LogP contribution in [0.4, 0.5) is 0 Å². The largest absolute Gasteiger partial charge is 0.487 e. The molecule has 1 amide bonds. The number of nitrogens with one attached hydrogen (secondary N) is 1. The summed E-state index contributed by atoms with van der Waals surface area (Å²) in [6, 6.07) is 17.5. The fourth-order valence-corrected chi connectivity index (χ4v) is 3.63. The molecular formula is C20H20N2O2S2. The van der Waals surface area contributed by atoms with Crippen LogP contribution in [0.3, 0.4) is 0 Å². The summed E-state index contributed by atoms with van der Waals surface area (Å²) in [5, 5.41) is 4.91. The molecule has 26 heavy (non-hydrogen) atoms. The van der Waals surface area contributed by atoms with Crippen molar-refractivity contribution < 1.29 is 9.53 Å². The zero-order chi connectivity index (χ0) is 18.0. The van der Waals surface area contributed by atoms with Crippen LogP contribution in [0, 0.1) is 0 Å². The number of thioether (sulfide) groups is 1. The summed E-state index contributed by atoms with van der Waals surface area (Å²) in [5.74, 6) is 2.52. The minimum Gasteiger partial charge on any atom is -0.487 e. The Morgan fingerprint density at radius 1 is 1.12 bits per heavy atom. The van der Waals surface area contributed by atoms with Gasteiger partial charge in [0, 0.05) is 29.0 Å². The van der Waals surface area contributed by atoms with Gasteiger partial charge >= 0.3 is 0 Å². The highest BCUT2D eigenvalue weighted by atomic mass is 32.2. The van der Waals surface area contributed by atoms with Gasteiger partial charge in [-0.15, -0.1) is 11.3 Å². The van der Waals surface area contributed by atoms with Crippen LogP contribution in [0.25, 0.3) is 0 Å². The van der Waals surface area contributed by atoms with E-state index in [9.17, 15) is 4.79 Å². The third kappa shape index (κ3) is 5.89. The van der Waals surface area contributed by atoms with E-state index < -0.39 is 0 Å². The topological polar surface area (TPSA) is 51.2 Å². The molecule has 0 saturated carbocycles. The third-order valence-corrected chi connectivity index (χ3v) is 5.30. The highest BCUT2D eigenvalue weighted by Crippen LogP contribution is 2.15. The normalized spacial score (nSPS) is 10.5. The second kappa shape index (κ2) is 9.99. The van der Waals surface area contributed by atoms with Crippen molar-refractivity contribution >= 4 is 29.0 Å². The average molecular weight is 385 g/mol. The van der Waals surface area contributed by atoms with E-state index in [0.717, 1.165) is 22.9 Å². The molecule has 0 fully saturated rings. The zero-order valence-corrected chi connectivity index (χ0v) is 15.9. The number of ether oxygens (including phenoxy) is 1. The maximum atomic E-state index is 12.2. The molecule has 0 aliphatic heterocycles. The average Bonchev–Trinajstić information content (AvgIpc) is 3.21. The van der Waals surface area contributed by atoms with Crippen LogP contribution in [0.5, 0.6) is 5.75 Å². The number of nitrogens with zero attached hydrogens (tertiary/aromatic N) is 1. The summed E-state index contributed by atoms with van der Waals surface area (Å²) in [5.41, 5.74) is 4.63. The number of thiazole rings is 1. The smallest absolute Gasteiger partial charge is 0.251 e. The van der Waals surface area contributed by atoms with Gasteiger partial charge in [-0.05, 0) is 29.8 Å². The number of hydrogen-bond acceptors (Lipinski definition) is 5. The number of hydrogen-bond donors (Lipinski definition) is 1. The molecule has 0 atom stereocenters. The number of aromatic nitrogens is 1. The molecule has 0 radical (unpaired) electrons. The predicted octanol–water partition coefficient (Wildman–Crippen LogP) is 4.39. The van der Waals surface area contributed by atoms with E-state index in [4.69, 9.17) is 4.74 Å². The molecule has 1 heterocycles. The zero-order valence-electron chi connectivity index (χ0n) is 14.3. The van der Waals surface area contributed by atoms with Gasteiger partial charge < -0.3 is 10.1 Å². The summed E-state index contributed by atoms with van der Waals surface area (Å²) in [4.78, 5) is 16.3. The highest BCUT2D eigenvalue weighted by Gasteiger charge is 2.05. The van der Waals surface area contributed by atoms with Gasteiger partial charge in [0.2, 0.25) is 0 Å². The van der Waals surface area contributed by atoms with Crippen LogP contribution < -0.4 is 10.1 Å². The van der Waals surface area contributed by atoms with Crippen molar-refractivity contribution in [2.45, 2.75) is 12.4 Å². The monoisotopic (exact) mass is 384 g/mol. The number of carbonyl (C=O) groups is 1. The summed E-state index contributed by atoms with van der Waals surface area (Å²) in [7, 11) is 0. The molecule has 6 heteroatoms. The van der Waals surface area contributed by atoms with E-state index in [-0.39, 0.29) is 5.91 Å². The molecule has 0 spiro atoms. The van der Waals surface area contributed by atoms with E-state index in [2.05, 4.69) is 22.4 Å². The van der Waals surface area contributed by atoms with Crippen molar-refractivity contribution in [3.8, 4) is 5.75 Å². The van der Waals surface area contributed by atoms with Gasteiger partial charge in [-0.2, -0.15) is 11.8 Å². The minimum atomic E-state index is -0.0589. The molecule has 0 aliphatic carbocycles. The van der Waals surface area contributed by atoms with Gasteiger partial charge in [-0.3, -0.25) is 4.79 Å². The molecule has 1 aromatic heterocycles. The molecule has 0 unspecified atom stereocenters. The van der Waals surface area contributed by atoms with E-state index in [1.807, 2.05) is 47.5 Å². The van der Waals surface area contributed by atoms with Crippen LogP contribution in [-0.2, 0) is 12.4 Å². The first-order chi connectivity index (χ1) is 12.8. The van der Waals surface area contributed by atoms with Crippen LogP contribution in [0.15, 0.2) is 65.5 Å². The predicted molar refractivity (Wildman–Crippen MR) is 108 cm³/mol. The second-order valence-corrected chi connectivity index (χ2v) is 7.41. The molecule has 0 saturated heterocycles.